The Bertz CT molecular complexity index is 1020. The van der Waals surface area contributed by atoms with Crippen molar-refractivity contribution in [1.82, 2.24) is 10.6 Å². The van der Waals surface area contributed by atoms with E-state index in [2.05, 4.69) is 16.0 Å². The minimum atomic E-state index is -0.485. The maximum absolute atomic E-state index is 12.6. The normalized spacial score (nSPS) is 29.5. The van der Waals surface area contributed by atoms with Gasteiger partial charge in [0, 0.05) is 16.5 Å². The first-order valence-electron chi connectivity index (χ1n) is 9.68. The summed E-state index contributed by atoms with van der Waals surface area (Å²) in [6.07, 6.45) is 7.07. The van der Waals surface area contributed by atoms with Crippen LogP contribution < -0.4 is 16.0 Å². The van der Waals surface area contributed by atoms with Gasteiger partial charge in [0.25, 0.3) is 5.91 Å². The summed E-state index contributed by atoms with van der Waals surface area (Å²) in [5, 5.41) is 10.4. The molecular formula is C20H20ClN3O3. The van der Waals surface area contributed by atoms with E-state index in [0.717, 1.165) is 55.9 Å². The van der Waals surface area contributed by atoms with Crippen molar-refractivity contribution in [2.24, 2.45) is 5.92 Å². The number of halogens is 1. The number of benzene rings is 1. The highest BCUT2D eigenvalue weighted by molar-refractivity contribution is 6.35. The molecule has 0 unspecified atom stereocenters. The van der Waals surface area contributed by atoms with E-state index in [1.807, 2.05) is 0 Å². The number of nitrogens with one attached hydrogen (secondary N) is 3. The Balaban J connectivity index is 1.50. The molecule has 1 aromatic heterocycles. The van der Waals surface area contributed by atoms with Crippen LogP contribution in [0.15, 0.2) is 16.5 Å². The predicted molar refractivity (Wildman–Crippen MR) is 101 cm³/mol. The van der Waals surface area contributed by atoms with Gasteiger partial charge in [-0.25, -0.2) is 4.79 Å². The number of urea groups is 1. The Morgan fingerprint density at radius 1 is 1.22 bits per heavy atom. The van der Waals surface area contributed by atoms with Gasteiger partial charge in [-0.2, -0.15) is 0 Å². The lowest BCUT2D eigenvalue weighted by atomic mass is 9.74. The van der Waals surface area contributed by atoms with Crippen LogP contribution >= 0.6 is 11.6 Å². The van der Waals surface area contributed by atoms with Crippen LogP contribution in [0.1, 0.15) is 61.1 Å². The quantitative estimate of drug-likeness (QED) is 0.721. The van der Waals surface area contributed by atoms with E-state index in [1.165, 1.54) is 0 Å². The first-order valence-corrected chi connectivity index (χ1v) is 10.1. The number of hydrogen-bond donors (Lipinski definition) is 3. The Labute approximate surface area is 161 Å². The number of anilines is 1. The van der Waals surface area contributed by atoms with Crippen molar-refractivity contribution in [3.63, 3.8) is 0 Å². The molecule has 3 saturated carbocycles. The molecule has 1 aromatic carbocycles. The van der Waals surface area contributed by atoms with Gasteiger partial charge in [0.05, 0.1) is 16.2 Å². The van der Waals surface area contributed by atoms with Crippen molar-refractivity contribution in [3.8, 4) is 0 Å². The van der Waals surface area contributed by atoms with E-state index in [-0.39, 0.29) is 17.5 Å². The summed E-state index contributed by atoms with van der Waals surface area (Å²) < 4.78 is 6.08. The van der Waals surface area contributed by atoms with Crippen LogP contribution in [0.3, 0.4) is 0 Å². The Morgan fingerprint density at radius 2 is 1.96 bits per heavy atom. The zero-order valence-electron chi connectivity index (χ0n) is 14.8. The van der Waals surface area contributed by atoms with E-state index >= 15 is 0 Å². The molecule has 4 aliphatic rings. The summed E-state index contributed by atoms with van der Waals surface area (Å²) in [5.74, 6) is 0.809. The number of carbonyl (C=O) groups excluding carboxylic acids is 2. The number of hydrogen-bond acceptors (Lipinski definition) is 3. The second-order valence-corrected chi connectivity index (χ2v) is 8.98. The molecule has 0 saturated heterocycles. The van der Waals surface area contributed by atoms with Gasteiger partial charge >= 0.3 is 6.03 Å². The lowest BCUT2D eigenvalue weighted by Gasteiger charge is -2.42. The van der Waals surface area contributed by atoms with Gasteiger partial charge < -0.3 is 20.4 Å². The molecule has 0 bridgehead atoms. The van der Waals surface area contributed by atoms with E-state index < -0.39 is 5.54 Å². The van der Waals surface area contributed by atoms with Crippen molar-refractivity contribution >= 4 is 40.2 Å². The molecular weight excluding hydrogens is 366 g/mol. The summed E-state index contributed by atoms with van der Waals surface area (Å²) in [7, 11) is 0. The highest BCUT2D eigenvalue weighted by Gasteiger charge is 2.70. The van der Waals surface area contributed by atoms with Crippen molar-refractivity contribution < 1.29 is 14.0 Å². The maximum atomic E-state index is 12.6. The van der Waals surface area contributed by atoms with Crippen molar-refractivity contribution in [2.45, 2.75) is 56.0 Å². The number of rotatable bonds is 2. The van der Waals surface area contributed by atoms with Crippen LogP contribution in [0, 0.1) is 5.92 Å². The molecule has 2 aromatic rings. The van der Waals surface area contributed by atoms with Crippen LogP contribution in [0.5, 0.6) is 0 Å². The molecule has 6 rings (SSSR count). The van der Waals surface area contributed by atoms with E-state index in [4.69, 9.17) is 16.0 Å². The average molecular weight is 386 g/mol. The Morgan fingerprint density at radius 3 is 2.67 bits per heavy atom. The summed E-state index contributed by atoms with van der Waals surface area (Å²) in [6.45, 7) is 0. The van der Waals surface area contributed by atoms with Crippen LogP contribution in [-0.2, 0) is 5.54 Å². The van der Waals surface area contributed by atoms with Gasteiger partial charge in [-0.15, -0.1) is 0 Å². The first-order chi connectivity index (χ1) is 13.0. The van der Waals surface area contributed by atoms with E-state index in [0.29, 0.717) is 28.0 Å². The maximum Gasteiger partial charge on any atom is 0.319 e. The average Bonchev–Trinajstić information content (AvgIpc) is 3.41. The lowest BCUT2D eigenvalue weighted by Crippen LogP contribution is -2.52. The fourth-order valence-electron chi connectivity index (χ4n) is 4.99. The van der Waals surface area contributed by atoms with Crippen molar-refractivity contribution in [1.29, 1.82) is 0 Å². The summed E-state index contributed by atoms with van der Waals surface area (Å²) in [5.41, 5.74) is 1.71. The zero-order valence-corrected chi connectivity index (χ0v) is 15.5. The topological polar surface area (TPSA) is 83.4 Å². The zero-order chi connectivity index (χ0) is 18.4. The van der Waals surface area contributed by atoms with Gasteiger partial charge in [0.2, 0.25) is 0 Å². The van der Waals surface area contributed by atoms with Gasteiger partial charge in [-0.05, 0) is 43.7 Å². The fourth-order valence-corrected chi connectivity index (χ4v) is 5.25. The third-order valence-corrected chi connectivity index (χ3v) is 7.10. The number of fused-ring (bicyclic) bond motifs is 5. The number of carbonyl (C=O) groups is 2. The fraction of sp³-hybridized carbons (Fsp3) is 0.500. The van der Waals surface area contributed by atoms with Gasteiger partial charge in [-0.3, -0.25) is 4.79 Å². The Hall–Kier alpha value is -2.21. The highest BCUT2D eigenvalue weighted by Crippen LogP contribution is 2.66. The molecule has 27 heavy (non-hydrogen) atoms. The van der Waals surface area contributed by atoms with Gasteiger partial charge in [0.15, 0.2) is 5.76 Å². The summed E-state index contributed by atoms with van der Waals surface area (Å²) in [4.78, 5) is 24.9. The summed E-state index contributed by atoms with van der Waals surface area (Å²) in [6, 6.07) is 3.30. The standard InChI is InChI=1S/C20H20ClN3O3/c21-12-6-10-7-13(17(25)23-20-8-11(20)9-20)27-16(10)14-15(12)22-18(26)24-19(14)4-2-1-3-5-19/h6-7,11H,1-5,8-9H2,(H,23,25)(H2,22,24,26). The molecule has 0 atom stereocenters. The van der Waals surface area contributed by atoms with Crippen LogP contribution in [-0.4, -0.2) is 17.5 Å². The van der Waals surface area contributed by atoms with Crippen molar-refractivity contribution in [2.75, 3.05) is 5.32 Å². The molecule has 0 radical (unpaired) electrons. The SMILES string of the molecule is O=C1Nc2c(Cl)cc3cc(C(=O)NC45CC4C5)oc3c2C2(CCCCC2)N1. The van der Waals surface area contributed by atoms with E-state index in [1.54, 1.807) is 12.1 Å². The Kier molecular flexibility index (Phi) is 2.92. The van der Waals surface area contributed by atoms with Crippen LogP contribution in [0.2, 0.25) is 5.02 Å². The lowest BCUT2D eigenvalue weighted by molar-refractivity contribution is 0.0916. The predicted octanol–water partition coefficient (Wildman–Crippen LogP) is 4.27. The molecule has 140 valence electrons. The largest absolute Gasteiger partial charge is 0.450 e. The summed E-state index contributed by atoms with van der Waals surface area (Å²) >= 11 is 6.52. The highest BCUT2D eigenvalue weighted by atomic mass is 35.5. The molecule has 1 spiro atoms. The molecule has 3 amide bonds. The smallest absolute Gasteiger partial charge is 0.319 e. The second-order valence-electron chi connectivity index (χ2n) is 8.57. The molecule has 6 nitrogen and oxygen atoms in total. The minimum Gasteiger partial charge on any atom is -0.450 e. The third kappa shape index (κ3) is 2.19. The molecule has 2 heterocycles. The van der Waals surface area contributed by atoms with Crippen LogP contribution in [0.4, 0.5) is 10.5 Å². The molecule has 7 heteroatoms. The van der Waals surface area contributed by atoms with Crippen molar-refractivity contribution in [3.05, 3.63) is 28.5 Å². The van der Waals surface area contributed by atoms with Gasteiger partial charge in [0.1, 0.15) is 5.58 Å². The monoisotopic (exact) mass is 385 g/mol. The van der Waals surface area contributed by atoms with E-state index in [9.17, 15) is 9.59 Å². The first kappa shape index (κ1) is 15.8. The number of amides is 3. The molecule has 3 N–H and O–H groups in total. The van der Waals surface area contributed by atoms with Crippen LogP contribution in [0.25, 0.3) is 11.0 Å². The number of furan rings is 1. The molecule has 3 fully saturated rings. The third-order valence-electron chi connectivity index (χ3n) is 6.80. The van der Waals surface area contributed by atoms with Gasteiger partial charge in [-0.1, -0.05) is 30.9 Å². The molecule has 3 aliphatic carbocycles. The molecule has 1 aliphatic heterocycles. The minimum absolute atomic E-state index is 0.0489. The second kappa shape index (κ2) is 4.98.